The summed E-state index contributed by atoms with van der Waals surface area (Å²) in [6, 6.07) is 4.82. The van der Waals surface area contributed by atoms with Crippen molar-refractivity contribution in [2.75, 3.05) is 5.73 Å². The molecule has 1 aromatic carbocycles. The highest BCUT2D eigenvalue weighted by atomic mass is 19.1. The minimum atomic E-state index is -0.338. The van der Waals surface area contributed by atoms with Gasteiger partial charge in [0.05, 0.1) is 6.20 Å². The Labute approximate surface area is 80.2 Å². The average molecular weight is 192 g/mol. The van der Waals surface area contributed by atoms with E-state index >= 15 is 0 Å². The number of nitrogen functional groups attached to an aromatic ring is 1. The summed E-state index contributed by atoms with van der Waals surface area (Å²) in [7, 11) is 0. The number of aromatic nitrogens is 3. The number of para-hydroxylation sites is 1. The zero-order valence-corrected chi connectivity index (χ0v) is 7.61. The summed E-state index contributed by atoms with van der Waals surface area (Å²) in [5.41, 5.74) is 6.57. The molecule has 0 amide bonds. The van der Waals surface area contributed by atoms with E-state index < -0.39 is 0 Å². The van der Waals surface area contributed by atoms with Gasteiger partial charge in [-0.05, 0) is 18.6 Å². The molecule has 0 atom stereocenters. The molecule has 2 N–H and O–H groups in total. The lowest BCUT2D eigenvalue weighted by Crippen LogP contribution is -2.01. The summed E-state index contributed by atoms with van der Waals surface area (Å²) in [5, 5.41) is 7.31. The van der Waals surface area contributed by atoms with Gasteiger partial charge < -0.3 is 5.73 Å². The van der Waals surface area contributed by atoms with Crippen LogP contribution >= 0.6 is 0 Å². The molecule has 0 unspecified atom stereocenters. The van der Waals surface area contributed by atoms with Crippen LogP contribution in [0.2, 0.25) is 0 Å². The first-order valence-corrected chi connectivity index (χ1v) is 4.12. The van der Waals surface area contributed by atoms with Gasteiger partial charge in [0.15, 0.2) is 5.82 Å². The summed E-state index contributed by atoms with van der Waals surface area (Å²) in [5.74, 6) is -0.0671. The fourth-order valence-corrected chi connectivity index (χ4v) is 1.30. The van der Waals surface area contributed by atoms with E-state index in [1.54, 1.807) is 19.1 Å². The summed E-state index contributed by atoms with van der Waals surface area (Å²) < 4.78 is 14.7. The smallest absolute Gasteiger partial charge is 0.166 e. The fraction of sp³-hybridized carbons (Fsp3) is 0.111. The van der Waals surface area contributed by atoms with Crippen LogP contribution in [0.3, 0.4) is 0 Å². The topological polar surface area (TPSA) is 56.7 Å². The van der Waals surface area contributed by atoms with Crippen molar-refractivity contribution in [3.05, 3.63) is 35.8 Å². The maximum atomic E-state index is 13.4. The van der Waals surface area contributed by atoms with Crippen molar-refractivity contribution in [3.63, 3.8) is 0 Å². The number of aryl methyl sites for hydroxylation is 1. The maximum absolute atomic E-state index is 13.4. The molecule has 1 heterocycles. The highest BCUT2D eigenvalue weighted by Crippen LogP contribution is 2.17. The number of hydrogen-bond donors (Lipinski definition) is 1. The monoisotopic (exact) mass is 192 g/mol. The van der Waals surface area contributed by atoms with E-state index in [1.165, 1.54) is 16.9 Å². The normalized spacial score (nSPS) is 10.4. The molecule has 0 aliphatic heterocycles. The summed E-state index contributed by atoms with van der Waals surface area (Å²) in [4.78, 5) is 0. The zero-order valence-electron chi connectivity index (χ0n) is 7.61. The van der Waals surface area contributed by atoms with Gasteiger partial charge in [-0.15, -0.1) is 5.10 Å². The summed E-state index contributed by atoms with van der Waals surface area (Å²) in [6.45, 7) is 1.80. The molecule has 5 heteroatoms. The largest absolute Gasteiger partial charge is 0.381 e. The third-order valence-electron chi connectivity index (χ3n) is 1.93. The maximum Gasteiger partial charge on any atom is 0.166 e. The van der Waals surface area contributed by atoms with Gasteiger partial charge in [-0.1, -0.05) is 17.3 Å². The Morgan fingerprint density at radius 3 is 2.79 bits per heavy atom. The van der Waals surface area contributed by atoms with Crippen LogP contribution in [0, 0.1) is 12.7 Å². The molecule has 0 radical (unpaired) electrons. The molecule has 0 saturated carbocycles. The highest BCUT2D eigenvalue weighted by molar-refractivity contribution is 5.42. The Balaban J connectivity index is 2.61. The van der Waals surface area contributed by atoms with E-state index in [1.807, 2.05) is 0 Å². The Hall–Kier alpha value is -1.91. The molecule has 0 aliphatic carbocycles. The molecule has 1 aromatic heterocycles. The van der Waals surface area contributed by atoms with Crippen LogP contribution in [-0.2, 0) is 0 Å². The van der Waals surface area contributed by atoms with Gasteiger partial charge in [0.1, 0.15) is 11.5 Å². The third-order valence-corrected chi connectivity index (χ3v) is 1.93. The number of benzene rings is 1. The molecular formula is C9H9FN4. The highest BCUT2D eigenvalue weighted by Gasteiger charge is 2.08. The van der Waals surface area contributed by atoms with Crippen LogP contribution in [0.1, 0.15) is 5.56 Å². The molecule has 14 heavy (non-hydrogen) atoms. The van der Waals surface area contributed by atoms with Crippen molar-refractivity contribution in [2.24, 2.45) is 0 Å². The summed E-state index contributed by atoms with van der Waals surface area (Å²) in [6.07, 6.45) is 1.48. The second kappa shape index (κ2) is 3.10. The van der Waals surface area contributed by atoms with Gasteiger partial charge >= 0.3 is 0 Å². The fourth-order valence-electron chi connectivity index (χ4n) is 1.30. The lowest BCUT2D eigenvalue weighted by atomic mass is 10.2. The molecule has 0 spiro atoms. The Morgan fingerprint density at radius 2 is 2.21 bits per heavy atom. The Morgan fingerprint density at radius 1 is 1.43 bits per heavy atom. The van der Waals surface area contributed by atoms with Crippen molar-refractivity contribution < 1.29 is 4.39 Å². The number of rotatable bonds is 1. The number of hydrogen-bond acceptors (Lipinski definition) is 3. The van der Waals surface area contributed by atoms with E-state index in [4.69, 9.17) is 5.73 Å². The van der Waals surface area contributed by atoms with Gasteiger partial charge in [-0.25, -0.2) is 9.07 Å². The van der Waals surface area contributed by atoms with E-state index in [0.717, 1.165) is 5.56 Å². The molecule has 0 saturated heterocycles. The molecule has 0 fully saturated rings. The van der Waals surface area contributed by atoms with Gasteiger partial charge in [-0.3, -0.25) is 0 Å². The number of anilines is 1. The van der Waals surface area contributed by atoms with Crippen LogP contribution in [0.15, 0.2) is 24.4 Å². The lowest BCUT2D eigenvalue weighted by molar-refractivity contribution is 0.605. The van der Waals surface area contributed by atoms with E-state index in [2.05, 4.69) is 10.3 Å². The predicted octanol–water partition coefficient (Wildman–Crippen LogP) is 1.30. The van der Waals surface area contributed by atoms with Crippen LogP contribution in [0.25, 0.3) is 5.69 Å². The van der Waals surface area contributed by atoms with E-state index in [-0.39, 0.29) is 11.6 Å². The SMILES string of the molecule is Cc1cccc(F)c1-n1cc(N)nn1. The standard InChI is InChI=1S/C9H9FN4/c1-6-3-2-4-7(10)9(6)14-5-8(11)12-13-14/h2-5H,11H2,1H3. The van der Waals surface area contributed by atoms with Gasteiger partial charge in [0.2, 0.25) is 0 Å². The minimum absolute atomic E-state index is 0.271. The second-order valence-corrected chi connectivity index (χ2v) is 2.99. The minimum Gasteiger partial charge on any atom is -0.381 e. The zero-order chi connectivity index (χ0) is 10.1. The third kappa shape index (κ3) is 1.32. The predicted molar refractivity (Wildman–Crippen MR) is 50.5 cm³/mol. The second-order valence-electron chi connectivity index (χ2n) is 2.99. The Kier molecular flexibility index (Phi) is 1.92. The first-order chi connectivity index (χ1) is 6.68. The van der Waals surface area contributed by atoms with Crippen molar-refractivity contribution >= 4 is 5.82 Å². The van der Waals surface area contributed by atoms with Crippen molar-refractivity contribution in [1.29, 1.82) is 0 Å². The molecule has 4 nitrogen and oxygen atoms in total. The van der Waals surface area contributed by atoms with Crippen LogP contribution in [0.4, 0.5) is 10.2 Å². The number of halogens is 1. The molecule has 2 rings (SSSR count). The summed E-state index contributed by atoms with van der Waals surface area (Å²) >= 11 is 0. The quantitative estimate of drug-likeness (QED) is 0.740. The van der Waals surface area contributed by atoms with E-state index in [9.17, 15) is 4.39 Å². The first-order valence-electron chi connectivity index (χ1n) is 4.12. The van der Waals surface area contributed by atoms with Crippen molar-refractivity contribution in [2.45, 2.75) is 6.92 Å². The Bertz CT molecular complexity index is 443. The molecule has 0 aliphatic rings. The molecule has 2 aromatic rings. The van der Waals surface area contributed by atoms with Gasteiger partial charge in [0, 0.05) is 0 Å². The number of nitrogens with two attached hydrogens (primary N) is 1. The average Bonchev–Trinajstić information content (AvgIpc) is 2.51. The van der Waals surface area contributed by atoms with Crippen LogP contribution in [0.5, 0.6) is 0 Å². The molecular weight excluding hydrogens is 183 g/mol. The van der Waals surface area contributed by atoms with Crippen LogP contribution in [-0.4, -0.2) is 15.0 Å². The molecule has 72 valence electrons. The van der Waals surface area contributed by atoms with Crippen LogP contribution < -0.4 is 5.73 Å². The lowest BCUT2D eigenvalue weighted by Gasteiger charge is -2.04. The van der Waals surface area contributed by atoms with Gasteiger partial charge in [0.25, 0.3) is 0 Å². The van der Waals surface area contributed by atoms with Crippen molar-refractivity contribution in [1.82, 2.24) is 15.0 Å². The first kappa shape index (κ1) is 8.68. The van der Waals surface area contributed by atoms with Gasteiger partial charge in [-0.2, -0.15) is 0 Å². The molecule has 0 bridgehead atoms. The van der Waals surface area contributed by atoms with Crippen molar-refractivity contribution in [3.8, 4) is 5.69 Å². The number of nitrogens with zero attached hydrogens (tertiary/aromatic N) is 3. The van der Waals surface area contributed by atoms with E-state index in [0.29, 0.717) is 5.69 Å².